The van der Waals surface area contributed by atoms with E-state index in [1.807, 2.05) is 6.20 Å². The zero-order chi connectivity index (χ0) is 10.7. The number of halogens is 1. The Morgan fingerprint density at radius 2 is 2.13 bits per heavy atom. The average Bonchev–Trinajstić information content (AvgIpc) is 2.69. The van der Waals surface area contributed by atoms with Gasteiger partial charge in [0.1, 0.15) is 0 Å². The molecule has 0 amide bonds. The van der Waals surface area contributed by atoms with E-state index in [0.717, 1.165) is 29.3 Å². The zero-order valence-corrected chi connectivity index (χ0v) is 10.4. The second-order valence-corrected chi connectivity index (χ2v) is 5.27. The Morgan fingerprint density at radius 1 is 1.33 bits per heavy atom. The molecule has 2 N–H and O–H groups in total. The second kappa shape index (κ2) is 5.08. The average molecular weight is 269 g/mol. The first-order chi connectivity index (χ1) is 7.29. The van der Waals surface area contributed by atoms with Crippen molar-refractivity contribution in [3.63, 3.8) is 0 Å². The fourth-order valence-corrected chi connectivity index (χ4v) is 2.72. The van der Waals surface area contributed by atoms with Crippen LogP contribution < -0.4 is 5.73 Å². The molecule has 1 fully saturated rings. The van der Waals surface area contributed by atoms with E-state index in [0.29, 0.717) is 0 Å². The lowest BCUT2D eigenvalue weighted by molar-refractivity contribution is 0.391. The van der Waals surface area contributed by atoms with Crippen molar-refractivity contribution in [3.8, 4) is 0 Å². The summed E-state index contributed by atoms with van der Waals surface area (Å²) in [6, 6.07) is 4.17. The first-order valence-corrected chi connectivity index (χ1v) is 6.39. The van der Waals surface area contributed by atoms with Gasteiger partial charge in [0.15, 0.2) is 0 Å². The molecule has 2 unspecified atom stereocenters. The van der Waals surface area contributed by atoms with E-state index in [-0.39, 0.29) is 0 Å². The number of hydrogen-bond acceptors (Lipinski definition) is 2. The van der Waals surface area contributed by atoms with Gasteiger partial charge in [-0.1, -0.05) is 6.42 Å². The number of nitrogens with zero attached hydrogens (tertiary/aromatic N) is 1. The lowest BCUT2D eigenvalue weighted by Gasteiger charge is -2.17. The van der Waals surface area contributed by atoms with Crippen LogP contribution in [0.4, 0.5) is 0 Å². The number of hydrogen-bond donors (Lipinski definition) is 1. The van der Waals surface area contributed by atoms with Gasteiger partial charge in [-0.2, -0.15) is 0 Å². The summed E-state index contributed by atoms with van der Waals surface area (Å²) in [5.74, 6) is 1.47. The van der Waals surface area contributed by atoms with E-state index in [1.54, 1.807) is 0 Å². The van der Waals surface area contributed by atoms with Crippen LogP contribution in [0.15, 0.2) is 22.8 Å². The molecule has 0 spiro atoms. The largest absolute Gasteiger partial charge is 0.330 e. The van der Waals surface area contributed by atoms with Crippen LogP contribution in [0.3, 0.4) is 0 Å². The van der Waals surface area contributed by atoms with Crippen LogP contribution in [0.25, 0.3) is 0 Å². The van der Waals surface area contributed by atoms with Gasteiger partial charge < -0.3 is 5.73 Å². The maximum Gasteiger partial charge on any atom is 0.0413 e. The number of rotatable bonds is 3. The van der Waals surface area contributed by atoms with Crippen molar-refractivity contribution < 1.29 is 0 Å². The number of pyridine rings is 1. The van der Waals surface area contributed by atoms with Gasteiger partial charge in [0.2, 0.25) is 0 Å². The summed E-state index contributed by atoms with van der Waals surface area (Å²) in [6.45, 7) is 0.835. The third-order valence-corrected chi connectivity index (χ3v) is 3.85. The van der Waals surface area contributed by atoms with E-state index in [9.17, 15) is 0 Å². The van der Waals surface area contributed by atoms with E-state index in [1.165, 1.54) is 25.0 Å². The summed E-state index contributed by atoms with van der Waals surface area (Å²) >= 11 is 3.40. The zero-order valence-electron chi connectivity index (χ0n) is 8.82. The normalized spacial score (nSPS) is 25.7. The van der Waals surface area contributed by atoms with Gasteiger partial charge in [-0.25, -0.2) is 0 Å². The molecular weight excluding hydrogens is 252 g/mol. The summed E-state index contributed by atoms with van der Waals surface area (Å²) in [5, 5.41) is 0. The minimum atomic E-state index is 0.718. The molecular formula is C12H17BrN2. The Morgan fingerprint density at radius 3 is 2.80 bits per heavy atom. The van der Waals surface area contributed by atoms with Crippen molar-refractivity contribution >= 4 is 15.9 Å². The van der Waals surface area contributed by atoms with Crippen LogP contribution in [0, 0.1) is 11.8 Å². The predicted molar refractivity (Wildman–Crippen MR) is 65.5 cm³/mol. The molecule has 2 rings (SSSR count). The van der Waals surface area contributed by atoms with Gasteiger partial charge in [-0.3, -0.25) is 4.98 Å². The monoisotopic (exact) mass is 268 g/mol. The van der Waals surface area contributed by atoms with Crippen molar-refractivity contribution in [2.75, 3.05) is 6.54 Å². The molecule has 1 heterocycles. The van der Waals surface area contributed by atoms with Gasteiger partial charge in [0.25, 0.3) is 0 Å². The molecule has 0 aromatic carbocycles. The van der Waals surface area contributed by atoms with Crippen LogP contribution in [-0.2, 0) is 6.42 Å². The van der Waals surface area contributed by atoms with Crippen LogP contribution in [0.5, 0.6) is 0 Å². The summed E-state index contributed by atoms with van der Waals surface area (Å²) in [4.78, 5) is 4.42. The highest BCUT2D eigenvalue weighted by Crippen LogP contribution is 2.33. The smallest absolute Gasteiger partial charge is 0.0413 e. The molecule has 0 bridgehead atoms. The second-order valence-electron chi connectivity index (χ2n) is 4.36. The van der Waals surface area contributed by atoms with E-state index in [4.69, 9.17) is 5.73 Å². The van der Waals surface area contributed by atoms with Crippen molar-refractivity contribution in [2.24, 2.45) is 17.6 Å². The van der Waals surface area contributed by atoms with Crippen LogP contribution >= 0.6 is 15.9 Å². The highest BCUT2D eigenvalue weighted by molar-refractivity contribution is 9.10. The fourth-order valence-electron chi connectivity index (χ4n) is 2.49. The topological polar surface area (TPSA) is 38.9 Å². The molecule has 0 radical (unpaired) electrons. The van der Waals surface area contributed by atoms with Gasteiger partial charge in [-0.15, -0.1) is 0 Å². The number of aromatic nitrogens is 1. The third-order valence-electron chi connectivity index (χ3n) is 3.38. The molecule has 1 saturated carbocycles. The quantitative estimate of drug-likeness (QED) is 0.916. The Labute approximate surface area is 99.4 Å². The minimum absolute atomic E-state index is 0.718. The van der Waals surface area contributed by atoms with Crippen molar-refractivity contribution in [1.29, 1.82) is 0 Å². The molecule has 82 valence electrons. The molecule has 0 saturated heterocycles. The third kappa shape index (κ3) is 2.79. The van der Waals surface area contributed by atoms with Crippen LogP contribution in [0.2, 0.25) is 0 Å². The van der Waals surface area contributed by atoms with Gasteiger partial charge in [0.05, 0.1) is 0 Å². The maximum absolute atomic E-state index is 5.77. The van der Waals surface area contributed by atoms with Gasteiger partial charge >= 0.3 is 0 Å². The number of nitrogens with two attached hydrogens (primary N) is 1. The fraction of sp³-hybridized carbons (Fsp3) is 0.583. The lowest BCUT2D eigenvalue weighted by atomic mass is 9.91. The maximum atomic E-state index is 5.77. The summed E-state index contributed by atoms with van der Waals surface area (Å²) < 4.78 is 1.05. The van der Waals surface area contributed by atoms with Gasteiger partial charge in [0, 0.05) is 16.4 Å². The Kier molecular flexibility index (Phi) is 3.76. The predicted octanol–water partition coefficient (Wildman–Crippen LogP) is 2.76. The molecule has 2 nitrogen and oxygen atoms in total. The van der Waals surface area contributed by atoms with Crippen LogP contribution in [-0.4, -0.2) is 11.5 Å². The molecule has 15 heavy (non-hydrogen) atoms. The molecule has 0 aliphatic heterocycles. The van der Waals surface area contributed by atoms with E-state index < -0.39 is 0 Å². The summed E-state index contributed by atoms with van der Waals surface area (Å²) in [5.41, 5.74) is 6.97. The molecule has 2 atom stereocenters. The first-order valence-electron chi connectivity index (χ1n) is 5.60. The van der Waals surface area contributed by atoms with E-state index in [2.05, 4.69) is 33.0 Å². The molecule has 1 aromatic heterocycles. The Balaban J connectivity index is 1.99. The first kappa shape index (κ1) is 11.1. The van der Waals surface area contributed by atoms with Crippen molar-refractivity contribution in [3.05, 3.63) is 28.5 Å². The summed E-state index contributed by atoms with van der Waals surface area (Å²) in [6.07, 6.45) is 6.93. The molecule has 1 aliphatic rings. The lowest BCUT2D eigenvalue weighted by Crippen LogP contribution is -2.20. The van der Waals surface area contributed by atoms with E-state index >= 15 is 0 Å². The van der Waals surface area contributed by atoms with Gasteiger partial charge in [-0.05, 0) is 65.7 Å². The van der Waals surface area contributed by atoms with Crippen molar-refractivity contribution in [1.82, 2.24) is 4.98 Å². The highest BCUT2D eigenvalue weighted by Gasteiger charge is 2.26. The SMILES string of the molecule is NCC1CCCC1Cc1ccc(Br)cn1. The standard InChI is InChI=1S/C12H17BrN2/c13-11-4-5-12(15-8-11)6-9-2-1-3-10(9)7-14/h4-5,8-10H,1-3,6-7,14H2. The Bertz CT molecular complexity index is 310. The highest BCUT2D eigenvalue weighted by atomic mass is 79.9. The summed E-state index contributed by atoms with van der Waals surface area (Å²) in [7, 11) is 0. The Hall–Kier alpha value is -0.410. The minimum Gasteiger partial charge on any atom is -0.330 e. The van der Waals surface area contributed by atoms with Crippen molar-refractivity contribution in [2.45, 2.75) is 25.7 Å². The van der Waals surface area contributed by atoms with Crippen LogP contribution in [0.1, 0.15) is 25.0 Å². The molecule has 3 heteroatoms. The molecule has 1 aromatic rings. The molecule has 1 aliphatic carbocycles.